The van der Waals surface area contributed by atoms with Crippen LogP contribution in [0.5, 0.6) is 0 Å². The van der Waals surface area contributed by atoms with E-state index < -0.39 is 0 Å². The molecule has 1 heteroatoms. The van der Waals surface area contributed by atoms with Gasteiger partial charge in [0.1, 0.15) is 0 Å². The highest BCUT2D eigenvalue weighted by Crippen LogP contribution is 2.14. The van der Waals surface area contributed by atoms with Gasteiger partial charge in [0.2, 0.25) is 0 Å². The van der Waals surface area contributed by atoms with Crippen molar-refractivity contribution in [1.82, 2.24) is 5.32 Å². The largest absolute Gasteiger partial charge is 0.317 e. The fourth-order valence-electron chi connectivity index (χ4n) is 2.34. The monoisotopic (exact) mass is 219 g/mol. The third-order valence-electron chi connectivity index (χ3n) is 2.93. The van der Waals surface area contributed by atoms with Crippen molar-refractivity contribution in [3.05, 3.63) is 34.9 Å². The molecule has 0 saturated heterocycles. The summed E-state index contributed by atoms with van der Waals surface area (Å²) in [6, 6.07) is 7.44. The van der Waals surface area contributed by atoms with Gasteiger partial charge in [0.15, 0.2) is 0 Å². The van der Waals surface area contributed by atoms with Gasteiger partial charge in [0.25, 0.3) is 0 Å². The predicted molar refractivity (Wildman–Crippen MR) is 71.9 cm³/mol. The van der Waals surface area contributed by atoms with Crippen LogP contribution in [-0.4, -0.2) is 13.1 Å². The van der Waals surface area contributed by atoms with Gasteiger partial charge in [-0.3, -0.25) is 0 Å². The van der Waals surface area contributed by atoms with Gasteiger partial charge in [0.05, 0.1) is 0 Å². The summed E-state index contributed by atoms with van der Waals surface area (Å²) in [5.74, 6) is 0.753. The maximum Gasteiger partial charge on any atom is 0.0107 e. The zero-order chi connectivity index (χ0) is 12.1. The fraction of sp³-hybridized carbons (Fsp3) is 0.600. The number of aryl methyl sites for hydroxylation is 2. The van der Waals surface area contributed by atoms with E-state index in [0.29, 0.717) is 6.04 Å². The first-order valence-corrected chi connectivity index (χ1v) is 6.25. The van der Waals surface area contributed by atoms with E-state index in [9.17, 15) is 0 Å². The Bertz CT molecular complexity index is 308. The molecule has 1 unspecified atom stereocenters. The molecule has 0 heterocycles. The molecule has 0 bridgehead atoms. The van der Waals surface area contributed by atoms with Crippen molar-refractivity contribution in [2.45, 2.75) is 46.6 Å². The second kappa shape index (κ2) is 6.05. The van der Waals surface area contributed by atoms with Crippen LogP contribution in [0.4, 0.5) is 0 Å². The van der Waals surface area contributed by atoms with E-state index in [-0.39, 0.29) is 0 Å². The van der Waals surface area contributed by atoms with Gasteiger partial charge in [-0.25, -0.2) is 0 Å². The lowest BCUT2D eigenvalue weighted by atomic mass is 9.95. The normalized spacial score (nSPS) is 13.1. The van der Waals surface area contributed by atoms with Crippen LogP contribution in [0.1, 0.15) is 37.0 Å². The highest BCUT2D eigenvalue weighted by atomic mass is 14.9. The predicted octanol–water partition coefficient (Wildman–Crippen LogP) is 3.48. The topological polar surface area (TPSA) is 12.0 Å². The van der Waals surface area contributed by atoms with E-state index in [0.717, 1.165) is 12.3 Å². The van der Waals surface area contributed by atoms with Crippen molar-refractivity contribution in [2.75, 3.05) is 7.05 Å². The molecular weight excluding hydrogens is 194 g/mol. The first-order chi connectivity index (χ1) is 7.51. The van der Waals surface area contributed by atoms with Gasteiger partial charge in [0, 0.05) is 6.04 Å². The highest BCUT2D eigenvalue weighted by Gasteiger charge is 2.09. The van der Waals surface area contributed by atoms with Crippen LogP contribution in [0.15, 0.2) is 18.2 Å². The Morgan fingerprint density at radius 3 is 2.06 bits per heavy atom. The van der Waals surface area contributed by atoms with Crippen LogP contribution in [0.25, 0.3) is 0 Å². The number of nitrogens with one attached hydrogen (secondary N) is 1. The zero-order valence-corrected chi connectivity index (χ0v) is 11.3. The molecule has 1 nitrogen and oxygen atoms in total. The molecule has 0 aliphatic rings. The quantitative estimate of drug-likeness (QED) is 0.799. The SMILES string of the molecule is CNC(Cc1cc(C)cc(C)c1)CC(C)C. The van der Waals surface area contributed by atoms with Crippen LogP contribution in [0.2, 0.25) is 0 Å². The Balaban J connectivity index is 2.69. The summed E-state index contributed by atoms with van der Waals surface area (Å²) in [6.45, 7) is 8.91. The van der Waals surface area contributed by atoms with Gasteiger partial charge < -0.3 is 5.32 Å². The number of hydrogen-bond donors (Lipinski definition) is 1. The summed E-state index contributed by atoms with van der Waals surface area (Å²) in [6.07, 6.45) is 2.38. The Morgan fingerprint density at radius 1 is 1.06 bits per heavy atom. The van der Waals surface area contributed by atoms with Crippen molar-refractivity contribution in [3.63, 3.8) is 0 Å². The first-order valence-electron chi connectivity index (χ1n) is 6.25. The molecule has 0 aromatic heterocycles. The molecule has 1 aromatic carbocycles. The van der Waals surface area contributed by atoms with Crippen LogP contribution in [-0.2, 0) is 6.42 Å². The fourth-order valence-corrected chi connectivity index (χ4v) is 2.34. The summed E-state index contributed by atoms with van der Waals surface area (Å²) >= 11 is 0. The van der Waals surface area contributed by atoms with Crippen molar-refractivity contribution >= 4 is 0 Å². The zero-order valence-electron chi connectivity index (χ0n) is 11.3. The minimum atomic E-state index is 0.598. The number of rotatable bonds is 5. The third kappa shape index (κ3) is 4.36. The molecule has 1 aromatic rings. The Labute approximate surface area is 100 Å². The average Bonchev–Trinajstić information content (AvgIpc) is 2.14. The minimum absolute atomic E-state index is 0.598. The van der Waals surface area contributed by atoms with E-state index in [2.05, 4.69) is 58.3 Å². The standard InChI is InChI=1S/C15H25N/c1-11(2)6-15(16-5)10-14-8-12(3)7-13(4)9-14/h7-9,11,15-16H,6,10H2,1-5H3. The van der Waals surface area contributed by atoms with E-state index >= 15 is 0 Å². The van der Waals surface area contributed by atoms with Gasteiger partial charge in [-0.05, 0) is 45.2 Å². The molecule has 90 valence electrons. The molecule has 1 N–H and O–H groups in total. The summed E-state index contributed by atoms with van der Waals surface area (Å²) < 4.78 is 0. The summed E-state index contributed by atoms with van der Waals surface area (Å²) in [5, 5.41) is 3.42. The van der Waals surface area contributed by atoms with Crippen molar-refractivity contribution < 1.29 is 0 Å². The summed E-state index contributed by atoms with van der Waals surface area (Å²) in [5.41, 5.74) is 4.20. The molecule has 16 heavy (non-hydrogen) atoms. The lowest BCUT2D eigenvalue weighted by Crippen LogP contribution is -2.29. The number of hydrogen-bond acceptors (Lipinski definition) is 1. The molecule has 0 radical (unpaired) electrons. The van der Waals surface area contributed by atoms with E-state index in [1.807, 2.05) is 0 Å². The van der Waals surface area contributed by atoms with Crippen LogP contribution in [0, 0.1) is 19.8 Å². The van der Waals surface area contributed by atoms with Crippen molar-refractivity contribution in [2.24, 2.45) is 5.92 Å². The molecule has 0 aliphatic heterocycles. The smallest absolute Gasteiger partial charge is 0.0107 e. The lowest BCUT2D eigenvalue weighted by Gasteiger charge is -2.19. The maximum atomic E-state index is 3.42. The van der Waals surface area contributed by atoms with E-state index in [4.69, 9.17) is 0 Å². The van der Waals surface area contributed by atoms with Gasteiger partial charge in [-0.1, -0.05) is 43.2 Å². The molecular formula is C15H25N. The van der Waals surface area contributed by atoms with Gasteiger partial charge in [-0.15, -0.1) is 0 Å². The van der Waals surface area contributed by atoms with Gasteiger partial charge in [-0.2, -0.15) is 0 Å². The number of benzene rings is 1. The second-order valence-corrected chi connectivity index (χ2v) is 5.32. The van der Waals surface area contributed by atoms with Crippen LogP contribution < -0.4 is 5.32 Å². The molecule has 1 rings (SSSR count). The van der Waals surface area contributed by atoms with Crippen molar-refractivity contribution in [1.29, 1.82) is 0 Å². The lowest BCUT2D eigenvalue weighted by molar-refractivity contribution is 0.441. The average molecular weight is 219 g/mol. The summed E-state index contributed by atoms with van der Waals surface area (Å²) in [7, 11) is 2.07. The van der Waals surface area contributed by atoms with E-state index in [1.165, 1.54) is 23.1 Å². The van der Waals surface area contributed by atoms with Crippen LogP contribution >= 0.6 is 0 Å². The number of likely N-dealkylation sites (N-methyl/N-ethyl adjacent to an activating group) is 1. The molecule has 1 atom stereocenters. The summed E-state index contributed by atoms with van der Waals surface area (Å²) in [4.78, 5) is 0. The Kier molecular flexibility index (Phi) is 5.01. The van der Waals surface area contributed by atoms with Gasteiger partial charge >= 0.3 is 0 Å². The van der Waals surface area contributed by atoms with E-state index in [1.54, 1.807) is 0 Å². The second-order valence-electron chi connectivity index (χ2n) is 5.32. The molecule has 0 spiro atoms. The van der Waals surface area contributed by atoms with Crippen molar-refractivity contribution in [3.8, 4) is 0 Å². The minimum Gasteiger partial charge on any atom is -0.317 e. The first kappa shape index (κ1) is 13.2. The molecule has 0 saturated carbocycles. The Morgan fingerprint density at radius 2 is 1.62 bits per heavy atom. The molecule has 0 aliphatic carbocycles. The van der Waals surface area contributed by atoms with Crippen LogP contribution in [0.3, 0.4) is 0 Å². The Hall–Kier alpha value is -0.820. The third-order valence-corrected chi connectivity index (χ3v) is 2.93. The highest BCUT2D eigenvalue weighted by molar-refractivity contribution is 5.29. The maximum absolute atomic E-state index is 3.42. The molecule has 0 amide bonds. The molecule has 0 fully saturated rings.